The van der Waals surface area contributed by atoms with Crippen LogP contribution in [0.25, 0.3) is 0 Å². The largest absolute Gasteiger partial charge is 0.328 e. The van der Waals surface area contributed by atoms with Crippen molar-refractivity contribution in [2.45, 2.75) is 58.9 Å². The second kappa shape index (κ2) is 4.99. The molecule has 1 fully saturated rings. The summed E-state index contributed by atoms with van der Waals surface area (Å²) in [4.78, 5) is 0. The van der Waals surface area contributed by atoms with Gasteiger partial charge in [-0.3, -0.25) is 0 Å². The summed E-state index contributed by atoms with van der Waals surface area (Å²) in [6.45, 7) is 7.05. The summed E-state index contributed by atoms with van der Waals surface area (Å²) >= 11 is 0. The summed E-state index contributed by atoms with van der Waals surface area (Å²) in [5.41, 5.74) is 6.03. The first-order valence-electron chi connectivity index (χ1n) is 5.94. The molecule has 1 saturated carbocycles. The predicted molar refractivity (Wildman–Crippen MR) is 58.6 cm³/mol. The van der Waals surface area contributed by atoms with E-state index in [2.05, 4.69) is 20.8 Å². The molecule has 78 valence electrons. The summed E-state index contributed by atoms with van der Waals surface area (Å²) in [6.07, 6.45) is 6.53. The molecule has 1 rings (SSSR count). The fraction of sp³-hybridized carbons (Fsp3) is 1.00. The molecule has 3 unspecified atom stereocenters. The molecule has 1 aliphatic carbocycles. The lowest BCUT2D eigenvalue weighted by Crippen LogP contribution is -2.35. The highest BCUT2D eigenvalue weighted by atomic mass is 14.6. The molecule has 0 aliphatic heterocycles. The Hall–Kier alpha value is -0.0400. The minimum atomic E-state index is 0.488. The molecule has 0 radical (unpaired) electrons. The van der Waals surface area contributed by atoms with Crippen LogP contribution >= 0.6 is 0 Å². The fourth-order valence-corrected chi connectivity index (χ4v) is 2.94. The highest BCUT2D eigenvalue weighted by Gasteiger charge is 2.30. The molecule has 0 amide bonds. The Kier molecular flexibility index (Phi) is 4.24. The van der Waals surface area contributed by atoms with Crippen LogP contribution in [0.5, 0.6) is 0 Å². The third kappa shape index (κ3) is 2.70. The van der Waals surface area contributed by atoms with Crippen molar-refractivity contribution in [3.05, 3.63) is 0 Å². The van der Waals surface area contributed by atoms with Crippen molar-refractivity contribution in [1.29, 1.82) is 0 Å². The van der Waals surface area contributed by atoms with Crippen molar-refractivity contribution in [2.75, 3.05) is 0 Å². The second-order valence-corrected chi connectivity index (χ2v) is 4.79. The molecule has 0 bridgehead atoms. The molecule has 0 aromatic heterocycles. The first-order chi connectivity index (χ1) is 6.19. The van der Waals surface area contributed by atoms with E-state index in [0.29, 0.717) is 6.04 Å². The van der Waals surface area contributed by atoms with Crippen molar-refractivity contribution in [1.82, 2.24) is 0 Å². The number of hydrogen-bond donors (Lipinski definition) is 1. The molecular formula is C12H25N. The van der Waals surface area contributed by atoms with Gasteiger partial charge in [-0.25, -0.2) is 0 Å². The Morgan fingerprint density at radius 3 is 2.38 bits per heavy atom. The maximum absolute atomic E-state index is 6.03. The maximum Gasteiger partial charge on any atom is 0.00417 e. The van der Waals surface area contributed by atoms with Gasteiger partial charge in [-0.15, -0.1) is 0 Å². The highest BCUT2D eigenvalue weighted by Crippen LogP contribution is 2.37. The molecular weight excluding hydrogens is 158 g/mol. The average molecular weight is 183 g/mol. The van der Waals surface area contributed by atoms with E-state index < -0.39 is 0 Å². The van der Waals surface area contributed by atoms with Crippen molar-refractivity contribution >= 4 is 0 Å². The maximum atomic E-state index is 6.03. The summed E-state index contributed by atoms with van der Waals surface area (Å²) in [6, 6.07) is 0.488. The zero-order valence-corrected chi connectivity index (χ0v) is 9.42. The van der Waals surface area contributed by atoms with E-state index in [-0.39, 0.29) is 0 Å². The van der Waals surface area contributed by atoms with Crippen LogP contribution < -0.4 is 5.73 Å². The van der Waals surface area contributed by atoms with Crippen molar-refractivity contribution in [3.63, 3.8) is 0 Å². The van der Waals surface area contributed by atoms with Crippen LogP contribution in [0.3, 0.4) is 0 Å². The van der Waals surface area contributed by atoms with Crippen LogP contribution in [-0.2, 0) is 0 Å². The fourth-order valence-electron chi connectivity index (χ4n) is 2.94. The van der Waals surface area contributed by atoms with Crippen LogP contribution in [0.1, 0.15) is 52.9 Å². The topological polar surface area (TPSA) is 26.0 Å². The number of nitrogens with two attached hydrogens (primary N) is 1. The van der Waals surface area contributed by atoms with Crippen LogP contribution in [0.2, 0.25) is 0 Å². The second-order valence-electron chi connectivity index (χ2n) is 4.79. The van der Waals surface area contributed by atoms with Gasteiger partial charge < -0.3 is 5.73 Å². The van der Waals surface area contributed by atoms with Crippen LogP contribution in [0, 0.1) is 17.8 Å². The first-order valence-corrected chi connectivity index (χ1v) is 5.94. The van der Waals surface area contributed by atoms with Gasteiger partial charge in [0, 0.05) is 6.04 Å². The van der Waals surface area contributed by atoms with Gasteiger partial charge in [-0.2, -0.15) is 0 Å². The Morgan fingerprint density at radius 1 is 1.23 bits per heavy atom. The standard InChI is InChI=1S/C12H25N/c1-4-10(5-2)12-8-11(13)7-6-9(12)3/h9-12H,4-8,13H2,1-3H3. The van der Waals surface area contributed by atoms with E-state index in [1.807, 2.05) is 0 Å². The molecule has 0 spiro atoms. The van der Waals surface area contributed by atoms with Gasteiger partial charge >= 0.3 is 0 Å². The van der Waals surface area contributed by atoms with Crippen LogP contribution in [0.4, 0.5) is 0 Å². The van der Waals surface area contributed by atoms with E-state index in [4.69, 9.17) is 5.73 Å². The van der Waals surface area contributed by atoms with Gasteiger partial charge in [0.15, 0.2) is 0 Å². The normalized spacial score (nSPS) is 35.3. The number of rotatable bonds is 3. The van der Waals surface area contributed by atoms with Crippen LogP contribution in [-0.4, -0.2) is 6.04 Å². The Balaban J connectivity index is 2.53. The third-order valence-corrected chi connectivity index (χ3v) is 3.95. The van der Waals surface area contributed by atoms with Gasteiger partial charge in [0.05, 0.1) is 0 Å². The average Bonchev–Trinajstić information content (AvgIpc) is 2.13. The SMILES string of the molecule is CCC(CC)C1CC(N)CCC1C. The third-order valence-electron chi connectivity index (χ3n) is 3.95. The molecule has 3 atom stereocenters. The van der Waals surface area contributed by atoms with E-state index in [9.17, 15) is 0 Å². The molecule has 1 aliphatic rings. The summed E-state index contributed by atoms with van der Waals surface area (Å²) in [5.74, 6) is 2.73. The quantitative estimate of drug-likeness (QED) is 0.714. The van der Waals surface area contributed by atoms with Crippen molar-refractivity contribution in [2.24, 2.45) is 23.5 Å². The zero-order valence-electron chi connectivity index (χ0n) is 9.42. The molecule has 0 heterocycles. The Bertz CT molecular complexity index is 140. The first kappa shape index (κ1) is 11.0. The van der Waals surface area contributed by atoms with E-state index >= 15 is 0 Å². The van der Waals surface area contributed by atoms with Gasteiger partial charge in [0.1, 0.15) is 0 Å². The Labute approximate surface area is 83.1 Å². The zero-order chi connectivity index (χ0) is 9.84. The smallest absolute Gasteiger partial charge is 0.00417 e. The summed E-state index contributed by atoms with van der Waals surface area (Å²) in [7, 11) is 0. The van der Waals surface area contributed by atoms with Gasteiger partial charge in [-0.1, -0.05) is 33.6 Å². The minimum Gasteiger partial charge on any atom is -0.328 e. The van der Waals surface area contributed by atoms with Gasteiger partial charge in [0.2, 0.25) is 0 Å². The van der Waals surface area contributed by atoms with Crippen molar-refractivity contribution in [3.8, 4) is 0 Å². The molecule has 0 saturated heterocycles. The van der Waals surface area contributed by atoms with E-state index in [1.165, 1.54) is 32.1 Å². The van der Waals surface area contributed by atoms with E-state index in [1.54, 1.807) is 0 Å². The van der Waals surface area contributed by atoms with E-state index in [0.717, 1.165) is 17.8 Å². The lowest BCUT2D eigenvalue weighted by Gasteiger charge is -2.37. The van der Waals surface area contributed by atoms with Gasteiger partial charge in [0.25, 0.3) is 0 Å². The molecule has 13 heavy (non-hydrogen) atoms. The molecule has 2 N–H and O–H groups in total. The minimum absolute atomic E-state index is 0.488. The number of hydrogen-bond acceptors (Lipinski definition) is 1. The molecule has 1 heteroatoms. The highest BCUT2D eigenvalue weighted by molar-refractivity contribution is 4.83. The molecule has 0 aromatic rings. The summed E-state index contributed by atoms with van der Waals surface area (Å²) < 4.78 is 0. The van der Waals surface area contributed by atoms with Crippen LogP contribution in [0.15, 0.2) is 0 Å². The van der Waals surface area contributed by atoms with Gasteiger partial charge in [-0.05, 0) is 37.0 Å². The monoisotopic (exact) mass is 183 g/mol. The van der Waals surface area contributed by atoms with Crippen molar-refractivity contribution < 1.29 is 0 Å². The lowest BCUT2D eigenvalue weighted by atomic mass is 9.70. The predicted octanol–water partition coefficient (Wildman–Crippen LogP) is 3.19. The summed E-state index contributed by atoms with van der Waals surface area (Å²) in [5, 5.41) is 0. The molecule has 1 nitrogen and oxygen atoms in total. The molecule has 0 aromatic carbocycles. The Morgan fingerprint density at radius 2 is 1.85 bits per heavy atom. The lowest BCUT2D eigenvalue weighted by molar-refractivity contribution is 0.151.